The van der Waals surface area contributed by atoms with Gasteiger partial charge in [-0.1, -0.05) is 12.2 Å². The van der Waals surface area contributed by atoms with Gasteiger partial charge in [0.25, 0.3) is 0 Å². The first-order valence-electron chi connectivity index (χ1n) is 6.00. The van der Waals surface area contributed by atoms with Gasteiger partial charge in [0.15, 0.2) is 0 Å². The Balaban J connectivity index is 1.83. The minimum atomic E-state index is -0.0964. The molecule has 1 aliphatic heterocycles. The highest BCUT2D eigenvalue weighted by molar-refractivity contribution is 8.00. The number of esters is 1. The molecule has 16 heavy (non-hydrogen) atoms. The van der Waals surface area contributed by atoms with Gasteiger partial charge in [0.2, 0.25) is 0 Å². The fourth-order valence-corrected chi connectivity index (χ4v) is 3.65. The van der Waals surface area contributed by atoms with Crippen molar-refractivity contribution in [2.45, 2.75) is 37.6 Å². The highest BCUT2D eigenvalue weighted by Gasteiger charge is 2.34. The molecular weight excluding hydrogens is 222 g/mol. The van der Waals surface area contributed by atoms with Gasteiger partial charge in [0.05, 0.1) is 12.0 Å². The molecule has 0 saturated carbocycles. The van der Waals surface area contributed by atoms with Crippen LogP contribution in [-0.4, -0.2) is 29.7 Å². The maximum atomic E-state index is 11.6. The van der Waals surface area contributed by atoms with Crippen LogP contribution in [0.1, 0.15) is 26.2 Å². The van der Waals surface area contributed by atoms with Crippen molar-refractivity contribution in [3.8, 4) is 0 Å². The average molecular weight is 241 g/mol. The van der Waals surface area contributed by atoms with E-state index in [-0.39, 0.29) is 12.0 Å². The zero-order chi connectivity index (χ0) is 11.4. The Morgan fingerprint density at radius 2 is 2.44 bits per heavy atom. The standard InChI is InChI=1S/C12H19NO2S/c1-2-15-12(14)10-8-16-11(13-10)9-6-4-3-5-7-9/h3-4,9-11,13H,2,5-8H2,1H3/t9-,10-,11-/m1/s1. The Labute approximate surface area is 101 Å². The summed E-state index contributed by atoms with van der Waals surface area (Å²) in [7, 11) is 0. The molecule has 0 radical (unpaired) electrons. The third kappa shape index (κ3) is 2.80. The number of carbonyl (C=O) groups is 1. The molecule has 2 rings (SSSR count). The molecule has 1 N–H and O–H groups in total. The lowest BCUT2D eigenvalue weighted by Crippen LogP contribution is -2.40. The molecule has 0 aromatic heterocycles. The van der Waals surface area contributed by atoms with E-state index in [0.29, 0.717) is 17.9 Å². The molecule has 0 spiro atoms. The summed E-state index contributed by atoms with van der Waals surface area (Å²) in [6.45, 7) is 2.32. The monoisotopic (exact) mass is 241 g/mol. The molecule has 3 nitrogen and oxygen atoms in total. The van der Waals surface area contributed by atoms with Crippen LogP contribution in [0.2, 0.25) is 0 Å². The molecule has 4 heteroatoms. The van der Waals surface area contributed by atoms with Crippen molar-refractivity contribution in [3.63, 3.8) is 0 Å². The second-order valence-corrected chi connectivity index (χ2v) is 5.44. The van der Waals surface area contributed by atoms with Gasteiger partial charge in [-0.3, -0.25) is 10.1 Å². The van der Waals surface area contributed by atoms with Gasteiger partial charge in [0, 0.05) is 5.75 Å². The van der Waals surface area contributed by atoms with Crippen LogP contribution in [0.3, 0.4) is 0 Å². The number of rotatable bonds is 3. The maximum absolute atomic E-state index is 11.6. The van der Waals surface area contributed by atoms with E-state index in [9.17, 15) is 4.79 Å². The quantitative estimate of drug-likeness (QED) is 0.605. The van der Waals surface area contributed by atoms with Crippen molar-refractivity contribution in [2.75, 3.05) is 12.4 Å². The minimum Gasteiger partial charge on any atom is -0.465 e. The van der Waals surface area contributed by atoms with Gasteiger partial charge in [-0.15, -0.1) is 11.8 Å². The largest absolute Gasteiger partial charge is 0.465 e. The number of nitrogens with one attached hydrogen (secondary N) is 1. The van der Waals surface area contributed by atoms with Gasteiger partial charge in [-0.05, 0) is 32.1 Å². The van der Waals surface area contributed by atoms with Crippen molar-refractivity contribution in [2.24, 2.45) is 5.92 Å². The van der Waals surface area contributed by atoms with Crippen LogP contribution in [0.15, 0.2) is 12.2 Å². The normalized spacial score (nSPS) is 33.9. The summed E-state index contributed by atoms with van der Waals surface area (Å²) in [6.07, 6.45) is 8.05. The summed E-state index contributed by atoms with van der Waals surface area (Å²) in [5.41, 5.74) is 0. The van der Waals surface area contributed by atoms with E-state index < -0.39 is 0 Å². The summed E-state index contributed by atoms with van der Waals surface area (Å²) in [5, 5.41) is 3.83. The minimum absolute atomic E-state index is 0.0937. The molecule has 1 saturated heterocycles. The second kappa shape index (κ2) is 5.73. The number of thioether (sulfide) groups is 1. The molecule has 1 aliphatic carbocycles. The van der Waals surface area contributed by atoms with Crippen LogP contribution in [0.5, 0.6) is 0 Å². The van der Waals surface area contributed by atoms with Crippen molar-refractivity contribution in [1.82, 2.24) is 5.32 Å². The molecule has 0 bridgehead atoms. The lowest BCUT2D eigenvalue weighted by molar-refractivity contribution is -0.144. The Bertz CT molecular complexity index is 280. The first-order valence-corrected chi connectivity index (χ1v) is 7.05. The van der Waals surface area contributed by atoms with Crippen LogP contribution >= 0.6 is 11.8 Å². The zero-order valence-electron chi connectivity index (χ0n) is 9.65. The number of ether oxygens (including phenoxy) is 1. The summed E-state index contributed by atoms with van der Waals surface area (Å²) in [4.78, 5) is 11.6. The number of hydrogen-bond donors (Lipinski definition) is 1. The van der Waals surface area contributed by atoms with E-state index in [2.05, 4.69) is 17.5 Å². The van der Waals surface area contributed by atoms with Crippen molar-refractivity contribution in [1.29, 1.82) is 0 Å². The fraction of sp³-hybridized carbons (Fsp3) is 0.750. The fourth-order valence-electron chi connectivity index (χ4n) is 2.24. The van der Waals surface area contributed by atoms with E-state index in [1.54, 1.807) is 0 Å². The van der Waals surface area contributed by atoms with E-state index in [4.69, 9.17) is 4.74 Å². The van der Waals surface area contributed by atoms with Crippen LogP contribution in [-0.2, 0) is 9.53 Å². The predicted molar refractivity (Wildman–Crippen MR) is 66.3 cm³/mol. The van der Waals surface area contributed by atoms with Gasteiger partial charge in [-0.2, -0.15) is 0 Å². The van der Waals surface area contributed by atoms with Gasteiger partial charge >= 0.3 is 5.97 Å². The van der Waals surface area contributed by atoms with Crippen molar-refractivity contribution >= 4 is 17.7 Å². The lowest BCUT2D eigenvalue weighted by Gasteiger charge is -2.24. The van der Waals surface area contributed by atoms with Gasteiger partial charge in [-0.25, -0.2) is 0 Å². The molecule has 1 fully saturated rings. The summed E-state index contributed by atoms with van der Waals surface area (Å²) < 4.78 is 5.03. The summed E-state index contributed by atoms with van der Waals surface area (Å²) >= 11 is 1.87. The molecule has 3 atom stereocenters. The Hall–Kier alpha value is -0.480. The first kappa shape index (κ1) is 12.0. The third-order valence-corrected chi connectivity index (χ3v) is 4.52. The van der Waals surface area contributed by atoms with Crippen molar-refractivity contribution < 1.29 is 9.53 Å². The van der Waals surface area contributed by atoms with Gasteiger partial charge in [0.1, 0.15) is 6.04 Å². The Kier molecular flexibility index (Phi) is 4.29. The van der Waals surface area contributed by atoms with E-state index >= 15 is 0 Å². The topological polar surface area (TPSA) is 38.3 Å². The SMILES string of the molecule is CCOC(=O)[C@H]1CS[C@H]([C@@H]2CC=CCC2)N1. The molecule has 1 heterocycles. The summed E-state index contributed by atoms with van der Waals surface area (Å²) in [6, 6.07) is -0.0964. The molecule has 0 amide bonds. The smallest absolute Gasteiger partial charge is 0.324 e. The lowest BCUT2D eigenvalue weighted by atomic mass is 9.94. The molecule has 90 valence electrons. The van der Waals surface area contributed by atoms with E-state index in [1.165, 1.54) is 12.8 Å². The van der Waals surface area contributed by atoms with Crippen LogP contribution in [0.4, 0.5) is 0 Å². The first-order chi connectivity index (χ1) is 7.81. The molecule has 2 aliphatic rings. The van der Waals surface area contributed by atoms with Crippen LogP contribution < -0.4 is 5.32 Å². The zero-order valence-corrected chi connectivity index (χ0v) is 10.5. The van der Waals surface area contributed by atoms with Crippen LogP contribution in [0.25, 0.3) is 0 Å². The highest BCUT2D eigenvalue weighted by Crippen LogP contribution is 2.32. The van der Waals surface area contributed by atoms with Gasteiger partial charge < -0.3 is 4.74 Å². The van der Waals surface area contributed by atoms with Crippen LogP contribution in [0, 0.1) is 5.92 Å². The molecule has 0 unspecified atom stereocenters. The van der Waals surface area contributed by atoms with E-state index in [0.717, 1.165) is 12.2 Å². The predicted octanol–water partition coefficient (Wildman–Crippen LogP) is 1.94. The number of hydrogen-bond acceptors (Lipinski definition) is 4. The Morgan fingerprint density at radius 1 is 1.56 bits per heavy atom. The third-order valence-electron chi connectivity index (χ3n) is 3.12. The molecular formula is C12H19NO2S. The molecule has 0 aromatic rings. The van der Waals surface area contributed by atoms with E-state index in [1.807, 2.05) is 18.7 Å². The maximum Gasteiger partial charge on any atom is 0.324 e. The average Bonchev–Trinajstić information content (AvgIpc) is 2.80. The summed E-state index contributed by atoms with van der Waals surface area (Å²) in [5.74, 6) is 1.43. The number of carbonyl (C=O) groups excluding carboxylic acids is 1. The number of allylic oxidation sites excluding steroid dienone is 2. The highest BCUT2D eigenvalue weighted by atomic mass is 32.2. The van der Waals surface area contributed by atoms with Crippen molar-refractivity contribution in [3.05, 3.63) is 12.2 Å². The molecule has 0 aromatic carbocycles. The Morgan fingerprint density at radius 3 is 3.12 bits per heavy atom. The second-order valence-electron chi connectivity index (χ2n) is 4.27.